The van der Waals surface area contributed by atoms with E-state index in [0.717, 1.165) is 11.6 Å². The number of hydrogen-bond donors (Lipinski definition) is 1. The lowest BCUT2D eigenvalue weighted by atomic mass is 10.1. The Morgan fingerprint density at radius 3 is 2.48 bits per heavy atom. The Labute approximate surface area is 130 Å². The molecule has 0 aromatic heterocycles. The van der Waals surface area contributed by atoms with Gasteiger partial charge in [0.1, 0.15) is 23.1 Å². The molecule has 0 aliphatic carbocycles. The molecule has 0 saturated heterocycles. The number of nitrogens with one attached hydrogen (secondary N) is 1. The fourth-order valence-corrected chi connectivity index (χ4v) is 2.46. The molecule has 1 N–H and O–H groups in total. The standard InChI is InChI=1S/C15H14BrF2NO2/c1-20-11-3-4-14(21-2)9(5-11)8-19-15-12(16)6-10(17)7-13(15)18/h3-7,19H,8H2,1-2H3. The molecule has 0 amide bonds. The highest BCUT2D eigenvalue weighted by Crippen LogP contribution is 2.29. The zero-order valence-electron chi connectivity index (χ0n) is 11.5. The molecule has 0 radical (unpaired) electrons. The normalized spacial score (nSPS) is 10.3. The van der Waals surface area contributed by atoms with Crippen molar-refractivity contribution in [1.82, 2.24) is 0 Å². The molecular formula is C15H14BrF2NO2. The van der Waals surface area contributed by atoms with Crippen molar-refractivity contribution in [3.05, 3.63) is 52.0 Å². The van der Waals surface area contributed by atoms with Crippen molar-refractivity contribution in [3.8, 4) is 11.5 Å². The molecule has 0 fully saturated rings. The van der Waals surface area contributed by atoms with E-state index in [1.165, 1.54) is 6.07 Å². The number of ether oxygens (including phenoxy) is 2. The molecule has 0 saturated carbocycles. The minimum Gasteiger partial charge on any atom is -0.497 e. The van der Waals surface area contributed by atoms with Gasteiger partial charge >= 0.3 is 0 Å². The molecule has 0 aliphatic heterocycles. The van der Waals surface area contributed by atoms with Crippen molar-refractivity contribution in [2.75, 3.05) is 19.5 Å². The van der Waals surface area contributed by atoms with Crippen LogP contribution in [0.15, 0.2) is 34.8 Å². The van der Waals surface area contributed by atoms with Gasteiger partial charge in [0.2, 0.25) is 0 Å². The smallest absolute Gasteiger partial charge is 0.150 e. The maximum absolute atomic E-state index is 13.8. The molecule has 0 aliphatic rings. The second-order valence-corrected chi connectivity index (χ2v) is 5.13. The first-order chi connectivity index (χ1) is 10.0. The van der Waals surface area contributed by atoms with Gasteiger partial charge in [-0.3, -0.25) is 0 Å². The highest BCUT2D eigenvalue weighted by Gasteiger charge is 2.11. The summed E-state index contributed by atoms with van der Waals surface area (Å²) < 4.78 is 37.5. The topological polar surface area (TPSA) is 30.5 Å². The Morgan fingerprint density at radius 1 is 1.10 bits per heavy atom. The summed E-state index contributed by atoms with van der Waals surface area (Å²) in [6.45, 7) is 0.307. The summed E-state index contributed by atoms with van der Waals surface area (Å²) in [5.74, 6) is 0.0285. The Bertz CT molecular complexity index is 627. The average molecular weight is 358 g/mol. The molecular weight excluding hydrogens is 344 g/mol. The molecule has 112 valence electrons. The van der Waals surface area contributed by atoms with Gasteiger partial charge in [0.15, 0.2) is 0 Å². The van der Waals surface area contributed by atoms with Crippen molar-refractivity contribution < 1.29 is 18.3 Å². The molecule has 0 atom stereocenters. The van der Waals surface area contributed by atoms with E-state index >= 15 is 0 Å². The van der Waals surface area contributed by atoms with E-state index < -0.39 is 11.6 Å². The third-order valence-electron chi connectivity index (χ3n) is 2.95. The van der Waals surface area contributed by atoms with Gasteiger partial charge in [-0.15, -0.1) is 0 Å². The summed E-state index contributed by atoms with van der Waals surface area (Å²) in [5.41, 5.74) is 0.994. The van der Waals surface area contributed by atoms with Crippen molar-refractivity contribution in [2.24, 2.45) is 0 Å². The van der Waals surface area contributed by atoms with E-state index in [4.69, 9.17) is 9.47 Å². The number of hydrogen-bond acceptors (Lipinski definition) is 3. The Morgan fingerprint density at radius 2 is 1.86 bits per heavy atom. The minimum absolute atomic E-state index is 0.196. The monoisotopic (exact) mass is 357 g/mol. The predicted molar refractivity (Wildman–Crippen MR) is 80.9 cm³/mol. The minimum atomic E-state index is -0.663. The third-order valence-corrected chi connectivity index (χ3v) is 3.58. The summed E-state index contributed by atoms with van der Waals surface area (Å²) in [6, 6.07) is 7.37. The summed E-state index contributed by atoms with van der Waals surface area (Å²) >= 11 is 3.14. The van der Waals surface area contributed by atoms with Crippen LogP contribution in [0.1, 0.15) is 5.56 Å². The zero-order valence-corrected chi connectivity index (χ0v) is 13.1. The first kappa shape index (κ1) is 15.6. The van der Waals surface area contributed by atoms with Crippen LogP contribution in [0.25, 0.3) is 0 Å². The van der Waals surface area contributed by atoms with E-state index in [0.29, 0.717) is 22.5 Å². The van der Waals surface area contributed by atoms with Gasteiger partial charge < -0.3 is 14.8 Å². The van der Waals surface area contributed by atoms with E-state index in [-0.39, 0.29) is 5.69 Å². The predicted octanol–water partition coefficient (Wildman–Crippen LogP) is 4.36. The number of rotatable bonds is 5. The summed E-state index contributed by atoms with van der Waals surface area (Å²) in [6.07, 6.45) is 0. The molecule has 3 nitrogen and oxygen atoms in total. The van der Waals surface area contributed by atoms with Gasteiger partial charge in [0.25, 0.3) is 0 Å². The first-order valence-electron chi connectivity index (χ1n) is 6.14. The first-order valence-corrected chi connectivity index (χ1v) is 6.93. The van der Waals surface area contributed by atoms with Gasteiger partial charge in [-0.2, -0.15) is 0 Å². The summed E-state index contributed by atoms with van der Waals surface area (Å²) in [7, 11) is 3.12. The van der Waals surface area contributed by atoms with Gasteiger partial charge in [-0.25, -0.2) is 8.78 Å². The van der Waals surface area contributed by atoms with Crippen LogP contribution >= 0.6 is 15.9 Å². The van der Waals surface area contributed by atoms with Crippen LogP contribution in [0.4, 0.5) is 14.5 Å². The van der Waals surface area contributed by atoms with Crippen molar-refractivity contribution in [1.29, 1.82) is 0 Å². The molecule has 0 unspecified atom stereocenters. The Hall–Kier alpha value is -1.82. The summed E-state index contributed by atoms with van der Waals surface area (Å²) in [5, 5.41) is 2.93. The molecule has 2 aromatic carbocycles. The van der Waals surface area contributed by atoms with E-state index in [9.17, 15) is 8.78 Å². The van der Waals surface area contributed by atoms with Gasteiger partial charge in [-0.1, -0.05) is 0 Å². The zero-order chi connectivity index (χ0) is 15.4. The molecule has 21 heavy (non-hydrogen) atoms. The molecule has 6 heteroatoms. The fourth-order valence-electron chi connectivity index (χ4n) is 1.91. The number of benzene rings is 2. The highest BCUT2D eigenvalue weighted by molar-refractivity contribution is 9.10. The quantitative estimate of drug-likeness (QED) is 0.862. The van der Waals surface area contributed by atoms with Crippen LogP contribution in [0.2, 0.25) is 0 Å². The lowest BCUT2D eigenvalue weighted by Crippen LogP contribution is -2.05. The fraction of sp³-hybridized carbons (Fsp3) is 0.200. The maximum atomic E-state index is 13.8. The number of anilines is 1. The van der Waals surface area contributed by atoms with Crippen LogP contribution in [0, 0.1) is 11.6 Å². The SMILES string of the molecule is COc1ccc(OC)c(CNc2c(F)cc(F)cc2Br)c1. The van der Waals surface area contributed by atoms with E-state index in [2.05, 4.69) is 21.2 Å². The van der Waals surface area contributed by atoms with Crippen LogP contribution in [0.3, 0.4) is 0 Å². The highest BCUT2D eigenvalue weighted by atomic mass is 79.9. The second kappa shape index (κ2) is 6.76. The van der Waals surface area contributed by atoms with Gasteiger partial charge in [0, 0.05) is 22.6 Å². The van der Waals surface area contributed by atoms with Crippen LogP contribution in [0.5, 0.6) is 11.5 Å². The van der Waals surface area contributed by atoms with E-state index in [1.54, 1.807) is 32.4 Å². The van der Waals surface area contributed by atoms with Gasteiger partial charge in [-0.05, 0) is 40.2 Å². The molecule has 0 heterocycles. The van der Waals surface area contributed by atoms with Crippen LogP contribution < -0.4 is 14.8 Å². The Kier molecular flexibility index (Phi) is 5.01. The van der Waals surface area contributed by atoms with Crippen molar-refractivity contribution >= 4 is 21.6 Å². The number of halogens is 3. The lowest BCUT2D eigenvalue weighted by Gasteiger charge is -2.13. The van der Waals surface area contributed by atoms with Gasteiger partial charge in [0.05, 0.1) is 19.9 Å². The number of methoxy groups -OCH3 is 2. The largest absolute Gasteiger partial charge is 0.497 e. The lowest BCUT2D eigenvalue weighted by molar-refractivity contribution is 0.399. The second-order valence-electron chi connectivity index (χ2n) is 4.28. The molecule has 0 spiro atoms. The summed E-state index contributed by atoms with van der Waals surface area (Å²) in [4.78, 5) is 0. The van der Waals surface area contributed by atoms with Crippen LogP contribution in [-0.2, 0) is 6.54 Å². The van der Waals surface area contributed by atoms with Crippen LogP contribution in [-0.4, -0.2) is 14.2 Å². The molecule has 0 bridgehead atoms. The van der Waals surface area contributed by atoms with E-state index in [1.807, 2.05) is 0 Å². The average Bonchev–Trinajstić information content (AvgIpc) is 2.45. The Balaban J connectivity index is 2.24. The molecule has 2 rings (SSSR count). The maximum Gasteiger partial charge on any atom is 0.150 e. The third kappa shape index (κ3) is 3.64. The molecule has 2 aromatic rings. The van der Waals surface area contributed by atoms with Crippen molar-refractivity contribution in [2.45, 2.75) is 6.54 Å². The van der Waals surface area contributed by atoms with Crippen molar-refractivity contribution in [3.63, 3.8) is 0 Å².